The molecule has 3 aromatic carbocycles. The summed E-state index contributed by atoms with van der Waals surface area (Å²) in [4.78, 5) is 22.0. The quantitative estimate of drug-likeness (QED) is 0.362. The lowest BCUT2D eigenvalue weighted by Crippen LogP contribution is -2.46. The number of methoxy groups -OCH3 is 1. The van der Waals surface area contributed by atoms with Crippen LogP contribution in [0.4, 0.5) is 11.4 Å². The summed E-state index contributed by atoms with van der Waals surface area (Å²) in [5.41, 5.74) is 6.94. The summed E-state index contributed by atoms with van der Waals surface area (Å²) in [7, 11) is 1.69. The Balaban J connectivity index is 1.27. The molecule has 6 heteroatoms. The summed E-state index contributed by atoms with van der Waals surface area (Å²) in [6.45, 7) is 6.72. The lowest BCUT2D eigenvalue weighted by Gasteiger charge is -2.36. The van der Waals surface area contributed by atoms with E-state index in [1.807, 2.05) is 55.5 Å². The van der Waals surface area contributed by atoms with Gasteiger partial charge in [0.05, 0.1) is 12.8 Å². The van der Waals surface area contributed by atoms with Crippen LogP contribution in [0.3, 0.4) is 0 Å². The molecule has 0 radical (unpaired) electrons. The average molecular weight is 493 g/mol. The normalized spacial score (nSPS) is 13.8. The number of nitrogens with zero attached hydrogens (tertiary/aromatic N) is 3. The Kier molecular flexibility index (Phi) is 7.47. The highest BCUT2D eigenvalue weighted by Crippen LogP contribution is 2.32. The number of pyridine rings is 1. The molecule has 1 fully saturated rings. The summed E-state index contributed by atoms with van der Waals surface area (Å²) < 4.78 is 5.66. The molecule has 2 heterocycles. The molecule has 1 saturated heterocycles. The number of carbonyl (C=O) groups is 1. The third kappa shape index (κ3) is 5.81. The SMILES string of the molecule is COc1ccc(NC(=O)c2ccc(-c3ccncc3)c(C)c2)cc1N1CCN(Cc2ccccc2)CC1. The predicted octanol–water partition coefficient (Wildman–Crippen LogP) is 5.64. The summed E-state index contributed by atoms with van der Waals surface area (Å²) in [5, 5.41) is 3.08. The van der Waals surface area contributed by atoms with Crippen molar-refractivity contribution < 1.29 is 9.53 Å². The highest BCUT2D eigenvalue weighted by Gasteiger charge is 2.21. The molecule has 37 heavy (non-hydrogen) atoms. The first-order valence-corrected chi connectivity index (χ1v) is 12.6. The van der Waals surface area contributed by atoms with Crippen molar-refractivity contribution in [2.24, 2.45) is 0 Å². The van der Waals surface area contributed by atoms with Crippen LogP contribution in [0.25, 0.3) is 11.1 Å². The lowest BCUT2D eigenvalue weighted by molar-refractivity contribution is 0.102. The second kappa shape index (κ2) is 11.3. The zero-order valence-electron chi connectivity index (χ0n) is 21.4. The van der Waals surface area contributed by atoms with Crippen molar-refractivity contribution in [3.8, 4) is 16.9 Å². The van der Waals surface area contributed by atoms with Gasteiger partial charge < -0.3 is 15.0 Å². The highest BCUT2D eigenvalue weighted by atomic mass is 16.5. The molecule has 1 amide bonds. The van der Waals surface area contributed by atoms with Gasteiger partial charge in [0, 0.05) is 56.4 Å². The first-order chi connectivity index (χ1) is 18.1. The zero-order chi connectivity index (χ0) is 25.6. The Morgan fingerprint density at radius 2 is 1.68 bits per heavy atom. The number of amides is 1. The lowest BCUT2D eigenvalue weighted by atomic mass is 9.99. The van der Waals surface area contributed by atoms with Crippen LogP contribution in [0.5, 0.6) is 5.75 Å². The maximum absolute atomic E-state index is 13.1. The van der Waals surface area contributed by atoms with Crippen LogP contribution in [-0.4, -0.2) is 49.1 Å². The van der Waals surface area contributed by atoms with E-state index in [9.17, 15) is 4.79 Å². The molecule has 1 aromatic heterocycles. The van der Waals surface area contributed by atoms with Crippen molar-refractivity contribution in [3.05, 3.63) is 108 Å². The molecule has 0 saturated carbocycles. The molecule has 188 valence electrons. The van der Waals surface area contributed by atoms with Gasteiger partial charge >= 0.3 is 0 Å². The van der Waals surface area contributed by atoms with E-state index in [2.05, 4.69) is 50.4 Å². The van der Waals surface area contributed by atoms with E-state index < -0.39 is 0 Å². The van der Waals surface area contributed by atoms with Gasteiger partial charge in [0.15, 0.2) is 0 Å². The van der Waals surface area contributed by atoms with Gasteiger partial charge in [-0.25, -0.2) is 0 Å². The molecule has 1 aliphatic heterocycles. The maximum atomic E-state index is 13.1. The van der Waals surface area contributed by atoms with E-state index in [0.717, 1.165) is 66.5 Å². The first kappa shape index (κ1) is 24.5. The number of benzene rings is 3. The number of aromatic nitrogens is 1. The number of anilines is 2. The standard InChI is InChI=1S/C31H32N4O2/c1-23-20-26(8-10-28(23)25-12-14-32-15-13-25)31(36)33-27-9-11-30(37-2)29(21-27)35-18-16-34(17-19-35)22-24-6-4-3-5-7-24/h3-15,20-21H,16-19,22H2,1-2H3,(H,33,36). The average Bonchev–Trinajstić information content (AvgIpc) is 2.94. The molecule has 0 aliphatic carbocycles. The summed E-state index contributed by atoms with van der Waals surface area (Å²) in [6.07, 6.45) is 3.56. The Bertz CT molecular complexity index is 1350. The Hall–Kier alpha value is -4.16. The van der Waals surface area contributed by atoms with Crippen molar-refractivity contribution in [1.29, 1.82) is 0 Å². The molecule has 0 unspecified atom stereocenters. The van der Waals surface area contributed by atoms with Gasteiger partial charge in [-0.3, -0.25) is 14.7 Å². The number of rotatable bonds is 7. The molecular weight excluding hydrogens is 460 g/mol. The number of aryl methyl sites for hydroxylation is 1. The van der Waals surface area contributed by atoms with E-state index in [0.29, 0.717) is 5.56 Å². The fourth-order valence-electron chi connectivity index (χ4n) is 4.87. The van der Waals surface area contributed by atoms with Gasteiger partial charge in [-0.2, -0.15) is 0 Å². The van der Waals surface area contributed by atoms with Crippen LogP contribution in [0, 0.1) is 6.92 Å². The molecule has 6 nitrogen and oxygen atoms in total. The summed E-state index contributed by atoms with van der Waals surface area (Å²) >= 11 is 0. The van der Waals surface area contributed by atoms with E-state index in [-0.39, 0.29) is 5.91 Å². The molecule has 4 aromatic rings. The third-order valence-corrected chi connectivity index (χ3v) is 6.88. The van der Waals surface area contributed by atoms with E-state index in [4.69, 9.17) is 4.74 Å². The van der Waals surface area contributed by atoms with Crippen LogP contribution < -0.4 is 15.0 Å². The molecular formula is C31H32N4O2. The summed E-state index contributed by atoms with van der Waals surface area (Å²) in [6, 6.07) is 26.2. The monoisotopic (exact) mass is 492 g/mol. The van der Waals surface area contributed by atoms with Gasteiger partial charge in [-0.15, -0.1) is 0 Å². The van der Waals surface area contributed by atoms with Crippen LogP contribution >= 0.6 is 0 Å². The van der Waals surface area contributed by atoms with Gasteiger partial charge in [-0.1, -0.05) is 36.4 Å². The number of piperazine rings is 1. The van der Waals surface area contributed by atoms with Crippen molar-refractivity contribution >= 4 is 17.3 Å². The Labute approximate surface area is 218 Å². The van der Waals surface area contributed by atoms with Crippen LogP contribution in [-0.2, 0) is 6.54 Å². The molecule has 5 rings (SSSR count). The van der Waals surface area contributed by atoms with E-state index >= 15 is 0 Å². The van der Waals surface area contributed by atoms with Crippen LogP contribution in [0.15, 0.2) is 91.3 Å². The minimum absolute atomic E-state index is 0.131. The molecule has 1 N–H and O–H groups in total. The Morgan fingerprint density at radius 1 is 0.919 bits per heavy atom. The number of nitrogens with one attached hydrogen (secondary N) is 1. The molecule has 1 aliphatic rings. The smallest absolute Gasteiger partial charge is 0.255 e. The zero-order valence-corrected chi connectivity index (χ0v) is 21.4. The van der Waals surface area contributed by atoms with Gasteiger partial charge in [0.2, 0.25) is 0 Å². The maximum Gasteiger partial charge on any atom is 0.255 e. The third-order valence-electron chi connectivity index (χ3n) is 6.88. The van der Waals surface area contributed by atoms with Crippen molar-refractivity contribution in [2.45, 2.75) is 13.5 Å². The van der Waals surface area contributed by atoms with Gasteiger partial charge in [-0.05, 0) is 71.6 Å². The first-order valence-electron chi connectivity index (χ1n) is 12.6. The van der Waals surface area contributed by atoms with E-state index in [1.54, 1.807) is 19.5 Å². The topological polar surface area (TPSA) is 57.7 Å². The second-order valence-electron chi connectivity index (χ2n) is 9.36. The van der Waals surface area contributed by atoms with Crippen molar-refractivity contribution in [1.82, 2.24) is 9.88 Å². The number of hydrogen-bond donors (Lipinski definition) is 1. The second-order valence-corrected chi connectivity index (χ2v) is 9.36. The van der Waals surface area contributed by atoms with Crippen molar-refractivity contribution in [2.75, 3.05) is 43.5 Å². The molecule has 0 atom stereocenters. The van der Waals surface area contributed by atoms with Crippen LogP contribution in [0.2, 0.25) is 0 Å². The van der Waals surface area contributed by atoms with Crippen molar-refractivity contribution in [3.63, 3.8) is 0 Å². The number of ether oxygens (including phenoxy) is 1. The minimum atomic E-state index is -0.131. The highest BCUT2D eigenvalue weighted by molar-refractivity contribution is 6.05. The number of hydrogen-bond acceptors (Lipinski definition) is 5. The Morgan fingerprint density at radius 3 is 2.38 bits per heavy atom. The molecule has 0 spiro atoms. The largest absolute Gasteiger partial charge is 0.495 e. The predicted molar refractivity (Wildman–Crippen MR) is 149 cm³/mol. The van der Waals surface area contributed by atoms with Crippen LogP contribution in [0.1, 0.15) is 21.5 Å². The van der Waals surface area contributed by atoms with Gasteiger partial charge in [0.1, 0.15) is 5.75 Å². The fraction of sp³-hybridized carbons (Fsp3) is 0.226. The van der Waals surface area contributed by atoms with E-state index in [1.165, 1.54) is 5.56 Å². The fourth-order valence-corrected chi connectivity index (χ4v) is 4.87. The minimum Gasteiger partial charge on any atom is -0.495 e. The number of carbonyl (C=O) groups excluding carboxylic acids is 1. The summed E-state index contributed by atoms with van der Waals surface area (Å²) in [5.74, 6) is 0.681. The van der Waals surface area contributed by atoms with Gasteiger partial charge in [0.25, 0.3) is 5.91 Å². The molecule has 0 bridgehead atoms.